The smallest absolute Gasteiger partial charge is 0.129 e. The van der Waals surface area contributed by atoms with Crippen molar-refractivity contribution in [2.45, 2.75) is 12.7 Å². The molecule has 1 aliphatic heterocycles. The number of fused-ring (bicyclic) bond motifs is 1. The first-order valence-electron chi connectivity index (χ1n) is 5.90. The van der Waals surface area contributed by atoms with Crippen LogP contribution in [0.2, 0.25) is 5.02 Å². The lowest BCUT2D eigenvalue weighted by molar-refractivity contribution is 0.140. The molecular formula is C14H12ClNO3. The monoisotopic (exact) mass is 277 g/mol. The molecule has 1 aromatic heterocycles. The van der Waals surface area contributed by atoms with E-state index in [1.807, 2.05) is 18.2 Å². The van der Waals surface area contributed by atoms with Gasteiger partial charge in [-0.3, -0.25) is 4.98 Å². The molecule has 0 saturated heterocycles. The molecule has 1 aromatic carbocycles. The summed E-state index contributed by atoms with van der Waals surface area (Å²) in [6.45, 7) is 0.664. The Balaban J connectivity index is 1.73. The molecule has 0 amide bonds. The van der Waals surface area contributed by atoms with E-state index in [1.54, 1.807) is 18.5 Å². The van der Waals surface area contributed by atoms with Crippen LogP contribution < -0.4 is 9.47 Å². The van der Waals surface area contributed by atoms with E-state index in [-0.39, 0.29) is 0 Å². The van der Waals surface area contributed by atoms with E-state index in [9.17, 15) is 5.11 Å². The predicted octanol–water partition coefficient (Wildman–Crippen LogP) is 2.74. The molecule has 1 N–H and O–H groups in total. The van der Waals surface area contributed by atoms with Crippen molar-refractivity contribution >= 4 is 11.6 Å². The van der Waals surface area contributed by atoms with E-state index >= 15 is 0 Å². The number of aliphatic hydroxyl groups is 1. The Bertz CT molecular complexity index is 603. The highest BCUT2D eigenvalue weighted by molar-refractivity contribution is 6.31. The van der Waals surface area contributed by atoms with Gasteiger partial charge in [0.2, 0.25) is 0 Å². The fraction of sp³-hybridized carbons (Fsp3) is 0.214. The van der Waals surface area contributed by atoms with Gasteiger partial charge in [0.1, 0.15) is 30.8 Å². The minimum absolute atomic E-state index is 0.301. The van der Waals surface area contributed by atoms with Crippen molar-refractivity contribution in [3.8, 4) is 11.5 Å². The van der Waals surface area contributed by atoms with Gasteiger partial charge in [-0.2, -0.15) is 0 Å². The molecule has 0 aliphatic carbocycles. The second-order valence-corrected chi connectivity index (χ2v) is 4.69. The number of nitrogens with zero attached hydrogens (tertiary/aromatic N) is 1. The molecule has 0 spiro atoms. The zero-order chi connectivity index (χ0) is 13.2. The minimum Gasteiger partial charge on any atom is -0.490 e. The Morgan fingerprint density at radius 2 is 2.32 bits per heavy atom. The maximum atomic E-state index is 9.63. The summed E-state index contributed by atoms with van der Waals surface area (Å²) in [5.74, 6) is 1.35. The Kier molecular flexibility index (Phi) is 3.27. The number of hydrogen-bond donors (Lipinski definition) is 1. The van der Waals surface area contributed by atoms with Gasteiger partial charge < -0.3 is 14.6 Å². The third kappa shape index (κ3) is 2.50. The van der Waals surface area contributed by atoms with E-state index in [0.717, 1.165) is 11.1 Å². The fourth-order valence-electron chi connectivity index (χ4n) is 1.95. The Hall–Kier alpha value is -1.78. The van der Waals surface area contributed by atoms with Crippen LogP contribution in [-0.2, 0) is 6.61 Å². The number of aromatic nitrogens is 1. The summed E-state index contributed by atoms with van der Waals surface area (Å²) in [5, 5.41) is 10.2. The van der Waals surface area contributed by atoms with Gasteiger partial charge in [-0.15, -0.1) is 0 Å². The molecule has 0 bridgehead atoms. The molecule has 2 heterocycles. The van der Waals surface area contributed by atoms with Crippen molar-refractivity contribution < 1.29 is 14.6 Å². The van der Waals surface area contributed by atoms with Gasteiger partial charge in [0.25, 0.3) is 0 Å². The molecule has 1 unspecified atom stereocenters. The highest BCUT2D eigenvalue weighted by Gasteiger charge is 2.22. The maximum absolute atomic E-state index is 9.63. The van der Waals surface area contributed by atoms with Gasteiger partial charge in [-0.1, -0.05) is 11.6 Å². The summed E-state index contributed by atoms with van der Waals surface area (Å²) in [6.07, 6.45) is 2.72. The Morgan fingerprint density at radius 1 is 1.42 bits per heavy atom. The maximum Gasteiger partial charge on any atom is 0.129 e. The molecule has 1 atom stereocenters. The first-order valence-corrected chi connectivity index (χ1v) is 6.28. The van der Waals surface area contributed by atoms with Crippen LogP contribution in [0.15, 0.2) is 36.7 Å². The molecule has 4 nitrogen and oxygen atoms in total. The highest BCUT2D eigenvalue weighted by Crippen LogP contribution is 2.35. The number of aliphatic hydroxyl groups excluding tert-OH is 1. The number of halogens is 1. The van der Waals surface area contributed by atoms with Crippen molar-refractivity contribution in [2.75, 3.05) is 6.61 Å². The van der Waals surface area contributed by atoms with Gasteiger partial charge in [-0.05, 0) is 18.2 Å². The molecule has 0 saturated carbocycles. The summed E-state index contributed by atoms with van der Waals surface area (Å²) < 4.78 is 11.0. The minimum atomic E-state index is -0.543. The average molecular weight is 278 g/mol. The molecule has 2 aromatic rings. The quantitative estimate of drug-likeness (QED) is 0.937. The van der Waals surface area contributed by atoms with Crippen molar-refractivity contribution in [1.82, 2.24) is 4.98 Å². The van der Waals surface area contributed by atoms with E-state index < -0.39 is 6.10 Å². The van der Waals surface area contributed by atoms with Crippen molar-refractivity contribution in [1.29, 1.82) is 0 Å². The van der Waals surface area contributed by atoms with Crippen molar-refractivity contribution in [2.24, 2.45) is 0 Å². The van der Waals surface area contributed by atoms with Gasteiger partial charge in [0, 0.05) is 29.6 Å². The number of benzene rings is 1. The van der Waals surface area contributed by atoms with Gasteiger partial charge in [-0.25, -0.2) is 0 Å². The SMILES string of the molecule is OC1COc2cc(OCc3ccncc3Cl)ccc21. The van der Waals surface area contributed by atoms with Crippen LogP contribution in [0.3, 0.4) is 0 Å². The van der Waals surface area contributed by atoms with E-state index in [2.05, 4.69) is 4.98 Å². The Morgan fingerprint density at radius 3 is 3.16 bits per heavy atom. The summed E-state index contributed by atoms with van der Waals surface area (Å²) in [4.78, 5) is 3.92. The Labute approximate surface area is 115 Å². The van der Waals surface area contributed by atoms with Crippen LogP contribution >= 0.6 is 11.6 Å². The van der Waals surface area contributed by atoms with E-state index in [1.165, 1.54) is 0 Å². The summed E-state index contributed by atoms with van der Waals surface area (Å²) >= 11 is 6.00. The molecule has 3 rings (SSSR count). The zero-order valence-corrected chi connectivity index (χ0v) is 10.8. The van der Waals surface area contributed by atoms with Crippen molar-refractivity contribution in [3.05, 3.63) is 52.8 Å². The van der Waals surface area contributed by atoms with Crippen LogP contribution in [-0.4, -0.2) is 16.7 Å². The van der Waals surface area contributed by atoms with Gasteiger partial charge in [0.15, 0.2) is 0 Å². The molecule has 98 valence electrons. The summed E-state index contributed by atoms with van der Waals surface area (Å²) in [5.41, 5.74) is 1.67. The topological polar surface area (TPSA) is 51.6 Å². The zero-order valence-electron chi connectivity index (χ0n) is 10.0. The molecule has 1 aliphatic rings. The molecule has 0 radical (unpaired) electrons. The first kappa shape index (κ1) is 12.3. The number of pyridine rings is 1. The lowest BCUT2D eigenvalue weighted by Gasteiger charge is -2.08. The third-order valence-corrected chi connectivity index (χ3v) is 3.33. The molecular weight excluding hydrogens is 266 g/mol. The second-order valence-electron chi connectivity index (χ2n) is 4.28. The summed E-state index contributed by atoms with van der Waals surface area (Å²) in [6, 6.07) is 7.22. The molecule has 5 heteroatoms. The second kappa shape index (κ2) is 5.07. The van der Waals surface area contributed by atoms with Crippen LogP contribution in [0.5, 0.6) is 11.5 Å². The molecule has 0 fully saturated rings. The van der Waals surface area contributed by atoms with Crippen LogP contribution in [0.4, 0.5) is 0 Å². The number of rotatable bonds is 3. The lowest BCUT2D eigenvalue weighted by atomic mass is 10.1. The van der Waals surface area contributed by atoms with Gasteiger partial charge in [0.05, 0.1) is 5.02 Å². The van der Waals surface area contributed by atoms with Crippen molar-refractivity contribution in [3.63, 3.8) is 0 Å². The normalized spacial score (nSPS) is 16.8. The lowest BCUT2D eigenvalue weighted by Crippen LogP contribution is -1.97. The predicted molar refractivity (Wildman–Crippen MR) is 70.5 cm³/mol. The van der Waals surface area contributed by atoms with E-state index in [0.29, 0.717) is 29.7 Å². The van der Waals surface area contributed by atoms with Crippen LogP contribution in [0, 0.1) is 0 Å². The number of ether oxygens (including phenoxy) is 2. The number of hydrogen-bond acceptors (Lipinski definition) is 4. The van der Waals surface area contributed by atoms with Crippen LogP contribution in [0.25, 0.3) is 0 Å². The fourth-order valence-corrected chi connectivity index (χ4v) is 2.12. The third-order valence-electron chi connectivity index (χ3n) is 2.99. The first-order chi connectivity index (χ1) is 9.24. The van der Waals surface area contributed by atoms with E-state index in [4.69, 9.17) is 21.1 Å². The van der Waals surface area contributed by atoms with Crippen LogP contribution in [0.1, 0.15) is 17.2 Å². The molecule has 19 heavy (non-hydrogen) atoms. The highest BCUT2D eigenvalue weighted by atomic mass is 35.5. The average Bonchev–Trinajstić information content (AvgIpc) is 2.79. The largest absolute Gasteiger partial charge is 0.490 e. The summed E-state index contributed by atoms with van der Waals surface area (Å²) in [7, 11) is 0. The standard InChI is InChI=1S/C14H12ClNO3/c15-12-6-16-4-3-9(12)7-18-10-1-2-11-13(17)8-19-14(11)5-10/h1-6,13,17H,7-8H2. The van der Waals surface area contributed by atoms with Gasteiger partial charge >= 0.3 is 0 Å².